The highest BCUT2D eigenvalue weighted by atomic mass is 32.1. The van der Waals surface area contributed by atoms with Crippen LogP contribution in [-0.2, 0) is 4.74 Å². The van der Waals surface area contributed by atoms with Crippen LogP contribution in [-0.4, -0.2) is 31.4 Å². The highest BCUT2D eigenvalue weighted by Crippen LogP contribution is 2.16. The summed E-state index contributed by atoms with van der Waals surface area (Å²) >= 11 is 5.17. The van der Waals surface area contributed by atoms with Crippen molar-refractivity contribution in [3.8, 4) is 0 Å². The van der Waals surface area contributed by atoms with E-state index >= 15 is 0 Å². The summed E-state index contributed by atoms with van der Waals surface area (Å²) in [6.45, 7) is 1.49. The molecular formula is C10H20N2OS. The zero-order valence-electron chi connectivity index (χ0n) is 8.84. The minimum Gasteiger partial charge on any atom is -0.383 e. The average molecular weight is 216 g/mol. The molecule has 2 N–H and O–H groups in total. The molecular weight excluding hydrogens is 196 g/mol. The molecule has 1 aliphatic rings. The van der Waals surface area contributed by atoms with Gasteiger partial charge in [-0.05, 0) is 25.1 Å². The molecule has 1 fully saturated rings. The molecule has 0 bridgehead atoms. The van der Waals surface area contributed by atoms with Gasteiger partial charge in [0, 0.05) is 19.7 Å². The first kappa shape index (κ1) is 11.7. The maximum Gasteiger partial charge on any atom is 0.166 e. The summed E-state index contributed by atoms with van der Waals surface area (Å²) in [5.41, 5.74) is 0. The molecule has 0 heterocycles. The molecule has 14 heavy (non-hydrogen) atoms. The lowest BCUT2D eigenvalue weighted by Crippen LogP contribution is -2.43. The van der Waals surface area contributed by atoms with Crippen LogP contribution < -0.4 is 10.6 Å². The number of ether oxygens (including phenoxy) is 1. The van der Waals surface area contributed by atoms with Crippen molar-refractivity contribution >= 4 is 17.3 Å². The number of thiocarbonyl (C=S) groups is 1. The molecule has 0 aromatic carbocycles. The van der Waals surface area contributed by atoms with Crippen molar-refractivity contribution in [1.29, 1.82) is 0 Å². The molecule has 0 saturated heterocycles. The Balaban J connectivity index is 2.06. The SMILES string of the molecule is COCCNC(=S)NC1CCCCC1. The molecule has 0 aliphatic heterocycles. The van der Waals surface area contributed by atoms with Crippen LogP contribution in [0.25, 0.3) is 0 Å². The first-order chi connectivity index (χ1) is 6.83. The smallest absolute Gasteiger partial charge is 0.166 e. The van der Waals surface area contributed by atoms with Crippen molar-refractivity contribution in [1.82, 2.24) is 10.6 Å². The summed E-state index contributed by atoms with van der Waals surface area (Å²) in [5, 5.41) is 7.24. The lowest BCUT2D eigenvalue weighted by molar-refractivity contribution is 0.203. The van der Waals surface area contributed by atoms with Gasteiger partial charge in [0.15, 0.2) is 5.11 Å². The maximum absolute atomic E-state index is 5.17. The Morgan fingerprint density at radius 3 is 2.71 bits per heavy atom. The quantitative estimate of drug-likeness (QED) is 0.550. The molecule has 82 valence electrons. The van der Waals surface area contributed by atoms with Crippen LogP contribution in [0.3, 0.4) is 0 Å². The predicted molar refractivity (Wildman–Crippen MR) is 62.5 cm³/mol. The van der Waals surface area contributed by atoms with Gasteiger partial charge in [-0.15, -0.1) is 0 Å². The van der Waals surface area contributed by atoms with Gasteiger partial charge < -0.3 is 15.4 Å². The molecule has 0 spiro atoms. The first-order valence-corrected chi connectivity index (χ1v) is 5.77. The zero-order valence-corrected chi connectivity index (χ0v) is 9.66. The van der Waals surface area contributed by atoms with Crippen molar-refractivity contribution in [3.05, 3.63) is 0 Å². The van der Waals surface area contributed by atoms with E-state index in [4.69, 9.17) is 17.0 Å². The minimum absolute atomic E-state index is 0.589. The molecule has 0 aromatic rings. The van der Waals surface area contributed by atoms with Crippen LogP contribution in [0, 0.1) is 0 Å². The van der Waals surface area contributed by atoms with E-state index in [2.05, 4.69) is 10.6 Å². The van der Waals surface area contributed by atoms with Gasteiger partial charge in [-0.25, -0.2) is 0 Å². The average Bonchev–Trinajstić information content (AvgIpc) is 2.20. The fourth-order valence-corrected chi connectivity index (χ4v) is 2.02. The van der Waals surface area contributed by atoms with E-state index in [0.29, 0.717) is 12.6 Å². The lowest BCUT2D eigenvalue weighted by Gasteiger charge is -2.24. The highest BCUT2D eigenvalue weighted by molar-refractivity contribution is 7.80. The maximum atomic E-state index is 5.17. The summed E-state index contributed by atoms with van der Waals surface area (Å²) in [5.74, 6) is 0. The van der Waals surface area contributed by atoms with Crippen LogP contribution in [0.1, 0.15) is 32.1 Å². The molecule has 4 heteroatoms. The molecule has 0 atom stereocenters. The number of methoxy groups -OCH3 is 1. The summed E-state index contributed by atoms with van der Waals surface area (Å²) in [6.07, 6.45) is 6.55. The fraction of sp³-hybridized carbons (Fsp3) is 0.900. The van der Waals surface area contributed by atoms with Crippen LogP contribution in [0.2, 0.25) is 0 Å². The Kier molecular flexibility index (Phi) is 5.87. The van der Waals surface area contributed by atoms with Crippen LogP contribution in [0.4, 0.5) is 0 Å². The second-order valence-corrected chi connectivity index (χ2v) is 4.14. The molecule has 3 nitrogen and oxygen atoms in total. The van der Waals surface area contributed by atoms with Crippen LogP contribution in [0.15, 0.2) is 0 Å². The molecule has 1 rings (SSSR count). The van der Waals surface area contributed by atoms with E-state index in [0.717, 1.165) is 11.7 Å². The van der Waals surface area contributed by atoms with E-state index in [-0.39, 0.29) is 0 Å². The standard InChI is InChI=1S/C10H20N2OS/c1-13-8-7-11-10(14)12-9-5-3-2-4-6-9/h9H,2-8H2,1H3,(H2,11,12,14). The van der Waals surface area contributed by atoms with Crippen molar-refractivity contribution in [2.24, 2.45) is 0 Å². The van der Waals surface area contributed by atoms with Crippen molar-refractivity contribution in [2.75, 3.05) is 20.3 Å². The zero-order chi connectivity index (χ0) is 10.2. The third-order valence-electron chi connectivity index (χ3n) is 2.53. The number of hydrogen-bond donors (Lipinski definition) is 2. The van der Waals surface area contributed by atoms with E-state index in [1.165, 1.54) is 32.1 Å². The number of rotatable bonds is 4. The van der Waals surface area contributed by atoms with E-state index in [1.807, 2.05) is 0 Å². The van der Waals surface area contributed by atoms with Gasteiger partial charge in [-0.1, -0.05) is 19.3 Å². The van der Waals surface area contributed by atoms with Gasteiger partial charge in [0.05, 0.1) is 6.61 Å². The van der Waals surface area contributed by atoms with Gasteiger partial charge in [-0.2, -0.15) is 0 Å². The molecule has 0 unspecified atom stereocenters. The van der Waals surface area contributed by atoms with Crippen molar-refractivity contribution in [3.63, 3.8) is 0 Å². The lowest BCUT2D eigenvalue weighted by atomic mass is 9.96. The Labute approximate surface area is 91.6 Å². The van der Waals surface area contributed by atoms with Crippen LogP contribution in [0.5, 0.6) is 0 Å². The van der Waals surface area contributed by atoms with Crippen molar-refractivity contribution in [2.45, 2.75) is 38.1 Å². The summed E-state index contributed by atoms with van der Waals surface area (Å²) in [7, 11) is 1.69. The number of nitrogens with one attached hydrogen (secondary N) is 2. The first-order valence-electron chi connectivity index (χ1n) is 5.36. The molecule has 0 aromatic heterocycles. The minimum atomic E-state index is 0.589. The van der Waals surface area contributed by atoms with Gasteiger partial charge in [0.25, 0.3) is 0 Å². The Morgan fingerprint density at radius 2 is 2.07 bits per heavy atom. The molecule has 0 radical (unpaired) electrons. The van der Waals surface area contributed by atoms with Gasteiger partial charge in [0.2, 0.25) is 0 Å². The summed E-state index contributed by atoms with van der Waals surface area (Å²) in [4.78, 5) is 0. The molecule has 1 saturated carbocycles. The van der Waals surface area contributed by atoms with E-state index in [9.17, 15) is 0 Å². The normalized spacial score (nSPS) is 17.8. The topological polar surface area (TPSA) is 33.3 Å². The van der Waals surface area contributed by atoms with Crippen molar-refractivity contribution < 1.29 is 4.74 Å². The second kappa shape index (κ2) is 7.01. The largest absolute Gasteiger partial charge is 0.383 e. The highest BCUT2D eigenvalue weighted by Gasteiger charge is 2.13. The summed E-state index contributed by atoms with van der Waals surface area (Å²) < 4.78 is 4.93. The van der Waals surface area contributed by atoms with Crippen LogP contribution >= 0.6 is 12.2 Å². The third kappa shape index (κ3) is 4.77. The van der Waals surface area contributed by atoms with Gasteiger partial charge in [-0.3, -0.25) is 0 Å². The summed E-state index contributed by atoms with van der Waals surface area (Å²) in [6, 6.07) is 0.589. The Bertz CT molecular complexity index is 170. The van der Waals surface area contributed by atoms with Gasteiger partial charge in [0.1, 0.15) is 0 Å². The van der Waals surface area contributed by atoms with E-state index in [1.54, 1.807) is 7.11 Å². The Morgan fingerprint density at radius 1 is 1.36 bits per heavy atom. The molecule has 0 amide bonds. The third-order valence-corrected chi connectivity index (χ3v) is 2.79. The predicted octanol–water partition coefficient (Wildman–Crippen LogP) is 1.43. The number of hydrogen-bond acceptors (Lipinski definition) is 2. The second-order valence-electron chi connectivity index (χ2n) is 3.73. The molecule has 1 aliphatic carbocycles. The van der Waals surface area contributed by atoms with E-state index < -0.39 is 0 Å². The monoisotopic (exact) mass is 216 g/mol. The Hall–Kier alpha value is -0.350. The van der Waals surface area contributed by atoms with Gasteiger partial charge >= 0.3 is 0 Å². The fourth-order valence-electron chi connectivity index (χ4n) is 1.75.